The molecule has 0 spiro atoms. The predicted octanol–water partition coefficient (Wildman–Crippen LogP) is 2.49. The summed E-state index contributed by atoms with van der Waals surface area (Å²) in [4.78, 5) is 17.6. The van der Waals surface area contributed by atoms with Gasteiger partial charge >= 0.3 is 0 Å². The molecule has 0 fully saturated rings. The van der Waals surface area contributed by atoms with Gasteiger partial charge in [-0.15, -0.1) is 0 Å². The van der Waals surface area contributed by atoms with Crippen LogP contribution < -0.4 is 15.0 Å². The minimum absolute atomic E-state index is 0.000697. The second-order valence-electron chi connectivity index (χ2n) is 5.16. The Balaban J connectivity index is 2.26. The summed E-state index contributed by atoms with van der Waals surface area (Å²) >= 11 is 1.32. The summed E-state index contributed by atoms with van der Waals surface area (Å²) < 4.78 is 12.1. The van der Waals surface area contributed by atoms with Gasteiger partial charge in [0.05, 0.1) is 37.4 Å². The standard InChI is InChI=1S/C18H18N2O4S/c1-23-15-8-7-12(11-16(15)24-2)20-17(22)13-5-3-4-6-14(13)19-18(20)25-10-9-21/h3-8,11,21H,9-10H2,1-2H3. The van der Waals surface area contributed by atoms with Crippen LogP contribution in [0, 0.1) is 0 Å². The van der Waals surface area contributed by atoms with Gasteiger partial charge in [0.2, 0.25) is 0 Å². The topological polar surface area (TPSA) is 73.6 Å². The molecule has 0 bridgehead atoms. The number of aromatic nitrogens is 2. The lowest BCUT2D eigenvalue weighted by Gasteiger charge is -2.15. The number of hydrogen-bond acceptors (Lipinski definition) is 6. The van der Waals surface area contributed by atoms with Gasteiger partial charge in [0.15, 0.2) is 16.7 Å². The molecule has 0 aliphatic heterocycles. The SMILES string of the molecule is COc1ccc(-n2c(SCCO)nc3ccccc3c2=O)cc1OC. The Morgan fingerprint density at radius 2 is 1.88 bits per heavy atom. The molecule has 7 heteroatoms. The first-order valence-corrected chi connectivity index (χ1v) is 8.66. The van der Waals surface area contributed by atoms with Gasteiger partial charge in [-0.1, -0.05) is 23.9 Å². The Morgan fingerprint density at radius 1 is 1.12 bits per heavy atom. The summed E-state index contributed by atoms with van der Waals surface area (Å²) in [6, 6.07) is 12.5. The highest BCUT2D eigenvalue weighted by Crippen LogP contribution is 2.30. The highest BCUT2D eigenvalue weighted by atomic mass is 32.2. The third-order valence-corrected chi connectivity index (χ3v) is 4.61. The molecule has 25 heavy (non-hydrogen) atoms. The average molecular weight is 358 g/mol. The smallest absolute Gasteiger partial charge is 0.266 e. The van der Waals surface area contributed by atoms with E-state index in [1.165, 1.54) is 16.3 Å². The molecular weight excluding hydrogens is 340 g/mol. The maximum Gasteiger partial charge on any atom is 0.266 e. The first-order valence-electron chi connectivity index (χ1n) is 7.67. The molecule has 2 aromatic carbocycles. The van der Waals surface area contributed by atoms with Crippen molar-refractivity contribution in [3.8, 4) is 17.2 Å². The quantitative estimate of drug-likeness (QED) is 0.539. The maximum atomic E-state index is 13.0. The monoisotopic (exact) mass is 358 g/mol. The van der Waals surface area contributed by atoms with Gasteiger partial charge in [-0.25, -0.2) is 4.98 Å². The predicted molar refractivity (Wildman–Crippen MR) is 98.3 cm³/mol. The molecule has 1 heterocycles. The Labute approximate surface area is 149 Å². The molecule has 0 amide bonds. The van der Waals surface area contributed by atoms with Gasteiger partial charge < -0.3 is 14.6 Å². The van der Waals surface area contributed by atoms with Crippen molar-refractivity contribution in [3.63, 3.8) is 0 Å². The lowest BCUT2D eigenvalue weighted by atomic mass is 10.2. The van der Waals surface area contributed by atoms with Crippen LogP contribution in [0.4, 0.5) is 0 Å². The second-order valence-corrected chi connectivity index (χ2v) is 6.23. The van der Waals surface area contributed by atoms with Gasteiger partial charge in [0, 0.05) is 11.8 Å². The highest BCUT2D eigenvalue weighted by Gasteiger charge is 2.15. The van der Waals surface area contributed by atoms with E-state index >= 15 is 0 Å². The van der Waals surface area contributed by atoms with Crippen molar-refractivity contribution in [3.05, 3.63) is 52.8 Å². The molecular formula is C18H18N2O4S. The number of aliphatic hydroxyl groups is 1. The van der Waals surface area contributed by atoms with Crippen LogP contribution in [0.5, 0.6) is 11.5 Å². The van der Waals surface area contributed by atoms with Crippen molar-refractivity contribution in [1.29, 1.82) is 0 Å². The van der Waals surface area contributed by atoms with E-state index in [-0.39, 0.29) is 12.2 Å². The summed E-state index contributed by atoms with van der Waals surface area (Å²) in [6.45, 7) is -0.000697. The van der Waals surface area contributed by atoms with Crippen LogP contribution in [0.3, 0.4) is 0 Å². The minimum Gasteiger partial charge on any atom is -0.493 e. The summed E-state index contributed by atoms with van der Waals surface area (Å²) in [7, 11) is 3.11. The van der Waals surface area contributed by atoms with Crippen molar-refractivity contribution in [2.75, 3.05) is 26.6 Å². The molecule has 130 valence electrons. The summed E-state index contributed by atoms with van der Waals surface area (Å²) in [6.07, 6.45) is 0. The molecule has 1 N–H and O–H groups in total. The van der Waals surface area contributed by atoms with E-state index in [0.29, 0.717) is 39.0 Å². The van der Waals surface area contributed by atoms with Crippen LogP contribution in [0.2, 0.25) is 0 Å². The molecule has 3 aromatic rings. The molecule has 0 saturated heterocycles. The van der Waals surface area contributed by atoms with Crippen LogP contribution >= 0.6 is 11.8 Å². The van der Waals surface area contributed by atoms with Crippen molar-refractivity contribution in [1.82, 2.24) is 9.55 Å². The van der Waals surface area contributed by atoms with E-state index in [2.05, 4.69) is 4.98 Å². The van der Waals surface area contributed by atoms with Gasteiger partial charge in [-0.3, -0.25) is 9.36 Å². The van der Waals surface area contributed by atoms with E-state index in [4.69, 9.17) is 14.6 Å². The number of ether oxygens (including phenoxy) is 2. The third-order valence-electron chi connectivity index (χ3n) is 3.69. The Kier molecular flexibility index (Phi) is 5.25. The van der Waals surface area contributed by atoms with Crippen LogP contribution in [-0.4, -0.2) is 41.2 Å². The van der Waals surface area contributed by atoms with Gasteiger partial charge in [-0.2, -0.15) is 0 Å². The number of para-hydroxylation sites is 1. The highest BCUT2D eigenvalue weighted by molar-refractivity contribution is 7.99. The van der Waals surface area contributed by atoms with Gasteiger partial charge in [0.1, 0.15) is 0 Å². The molecule has 0 aliphatic rings. The summed E-state index contributed by atoms with van der Waals surface area (Å²) in [5, 5.41) is 10.2. The number of aliphatic hydroxyl groups excluding tert-OH is 1. The lowest BCUT2D eigenvalue weighted by molar-refractivity contribution is 0.322. The van der Waals surface area contributed by atoms with Crippen molar-refractivity contribution >= 4 is 22.7 Å². The largest absolute Gasteiger partial charge is 0.493 e. The van der Waals surface area contributed by atoms with E-state index in [1.54, 1.807) is 44.6 Å². The number of rotatable bonds is 6. The summed E-state index contributed by atoms with van der Waals surface area (Å²) in [5.74, 6) is 1.55. The fraction of sp³-hybridized carbons (Fsp3) is 0.222. The van der Waals surface area contributed by atoms with E-state index in [0.717, 1.165) is 0 Å². The fourth-order valence-corrected chi connectivity index (χ4v) is 3.29. The molecule has 0 saturated carbocycles. The van der Waals surface area contributed by atoms with Gasteiger partial charge in [0.25, 0.3) is 5.56 Å². The first-order chi connectivity index (χ1) is 12.2. The second kappa shape index (κ2) is 7.58. The fourth-order valence-electron chi connectivity index (χ4n) is 2.54. The van der Waals surface area contributed by atoms with E-state index in [1.807, 2.05) is 12.1 Å². The average Bonchev–Trinajstić information content (AvgIpc) is 2.66. The van der Waals surface area contributed by atoms with Crippen LogP contribution in [-0.2, 0) is 0 Å². The zero-order chi connectivity index (χ0) is 17.8. The number of methoxy groups -OCH3 is 2. The summed E-state index contributed by atoms with van der Waals surface area (Å²) in [5.41, 5.74) is 1.09. The van der Waals surface area contributed by atoms with Crippen LogP contribution in [0.25, 0.3) is 16.6 Å². The molecule has 3 rings (SSSR count). The van der Waals surface area contributed by atoms with Crippen molar-refractivity contribution in [2.45, 2.75) is 5.16 Å². The number of hydrogen-bond donors (Lipinski definition) is 1. The number of fused-ring (bicyclic) bond motifs is 1. The third kappa shape index (κ3) is 3.33. The molecule has 0 aliphatic carbocycles. The Hall–Kier alpha value is -2.51. The van der Waals surface area contributed by atoms with Gasteiger partial charge in [-0.05, 0) is 24.3 Å². The lowest BCUT2D eigenvalue weighted by Crippen LogP contribution is -2.22. The van der Waals surface area contributed by atoms with E-state index < -0.39 is 0 Å². The zero-order valence-electron chi connectivity index (χ0n) is 13.9. The molecule has 6 nitrogen and oxygen atoms in total. The van der Waals surface area contributed by atoms with E-state index in [9.17, 15) is 4.79 Å². The number of benzene rings is 2. The van der Waals surface area contributed by atoms with Crippen molar-refractivity contribution < 1.29 is 14.6 Å². The van der Waals surface area contributed by atoms with Crippen LogP contribution in [0.15, 0.2) is 52.4 Å². The Bertz CT molecular complexity index is 955. The molecule has 1 aromatic heterocycles. The normalized spacial score (nSPS) is 10.8. The first kappa shape index (κ1) is 17.3. The molecule has 0 radical (unpaired) electrons. The molecule has 0 unspecified atom stereocenters. The van der Waals surface area contributed by atoms with Crippen molar-refractivity contribution in [2.24, 2.45) is 0 Å². The zero-order valence-corrected chi connectivity index (χ0v) is 14.7. The number of nitrogens with zero attached hydrogens (tertiary/aromatic N) is 2. The minimum atomic E-state index is -0.168. The maximum absolute atomic E-state index is 13.0. The molecule has 0 atom stereocenters. The Morgan fingerprint density at radius 3 is 2.60 bits per heavy atom. The van der Waals surface area contributed by atoms with Crippen LogP contribution in [0.1, 0.15) is 0 Å². The number of thioether (sulfide) groups is 1.